The third kappa shape index (κ3) is 3.29. The smallest absolute Gasteiger partial charge is 0.232 e. The molecule has 4 nitrogen and oxygen atoms in total. The first-order chi connectivity index (χ1) is 13.3. The zero-order chi connectivity index (χ0) is 20.1. The summed E-state index contributed by atoms with van der Waals surface area (Å²) in [5, 5.41) is 0.574. The van der Waals surface area contributed by atoms with E-state index in [9.17, 15) is 9.59 Å². The predicted octanol–water partition coefficient (Wildman–Crippen LogP) is 4.76. The molecule has 6 heteroatoms. The summed E-state index contributed by atoms with van der Waals surface area (Å²) in [4.78, 5) is 29.4. The molecule has 28 heavy (non-hydrogen) atoms. The monoisotopic (exact) mass is 416 g/mol. The van der Waals surface area contributed by atoms with E-state index in [2.05, 4.69) is 19.9 Å². The molecule has 2 amide bonds. The van der Waals surface area contributed by atoms with Gasteiger partial charge in [0.1, 0.15) is 0 Å². The average Bonchev–Trinajstić information content (AvgIpc) is 3.18. The molecule has 1 atom stereocenters. The Labute approximate surface area is 175 Å². The van der Waals surface area contributed by atoms with Crippen LogP contribution in [0, 0.1) is 5.92 Å². The van der Waals surface area contributed by atoms with E-state index in [1.165, 1.54) is 0 Å². The Kier molecular flexibility index (Phi) is 4.88. The van der Waals surface area contributed by atoms with Crippen LogP contribution in [0.4, 0.5) is 11.4 Å². The highest BCUT2D eigenvalue weighted by Gasteiger charge is 2.43. The molecule has 0 bridgehead atoms. The Morgan fingerprint density at radius 3 is 2.71 bits per heavy atom. The zero-order valence-corrected chi connectivity index (χ0v) is 17.4. The van der Waals surface area contributed by atoms with Crippen molar-refractivity contribution in [2.75, 3.05) is 22.9 Å². The number of carbonyl (C=O) groups excluding carboxylic acids is 2. The molecule has 1 fully saturated rings. The number of alkyl halides is 1. The molecule has 2 heterocycles. The van der Waals surface area contributed by atoms with Gasteiger partial charge >= 0.3 is 0 Å². The topological polar surface area (TPSA) is 40.6 Å². The summed E-state index contributed by atoms with van der Waals surface area (Å²) in [6, 6.07) is 13.2. The molecule has 0 aromatic heterocycles. The van der Waals surface area contributed by atoms with Crippen LogP contribution in [0.1, 0.15) is 31.4 Å². The summed E-state index contributed by atoms with van der Waals surface area (Å²) in [6.45, 7) is 5.25. The molecule has 0 aliphatic carbocycles. The van der Waals surface area contributed by atoms with Crippen LogP contribution < -0.4 is 9.80 Å². The number of nitrogens with zero attached hydrogens (tertiary/aromatic N) is 2. The third-order valence-electron chi connectivity index (χ3n) is 5.65. The second kappa shape index (κ2) is 7.09. The zero-order valence-electron chi connectivity index (χ0n) is 15.9. The van der Waals surface area contributed by atoms with Gasteiger partial charge in [0.25, 0.3) is 0 Å². The van der Waals surface area contributed by atoms with Gasteiger partial charge in [-0.3, -0.25) is 9.59 Å². The fourth-order valence-corrected chi connectivity index (χ4v) is 4.54. The van der Waals surface area contributed by atoms with Crippen LogP contribution in [0.3, 0.4) is 0 Å². The number of rotatable bonds is 3. The molecule has 2 aliphatic heterocycles. The Morgan fingerprint density at radius 2 is 2.00 bits per heavy atom. The van der Waals surface area contributed by atoms with E-state index in [1.807, 2.05) is 29.2 Å². The van der Waals surface area contributed by atoms with E-state index in [4.69, 9.17) is 23.2 Å². The minimum Gasteiger partial charge on any atom is -0.312 e. The minimum absolute atomic E-state index is 0.00308. The van der Waals surface area contributed by atoms with Gasteiger partial charge in [0.2, 0.25) is 11.8 Å². The normalized spacial score (nSPS) is 20.6. The minimum atomic E-state index is -0.360. The molecule has 1 saturated heterocycles. The van der Waals surface area contributed by atoms with Gasteiger partial charge in [0.05, 0.1) is 5.92 Å². The third-order valence-corrected chi connectivity index (χ3v) is 6.19. The molecule has 146 valence electrons. The van der Waals surface area contributed by atoms with E-state index >= 15 is 0 Å². The maximum atomic E-state index is 13.3. The van der Waals surface area contributed by atoms with E-state index in [0.717, 1.165) is 22.5 Å². The number of amides is 2. The van der Waals surface area contributed by atoms with Crippen molar-refractivity contribution in [3.8, 4) is 0 Å². The molecule has 0 unspecified atom stereocenters. The molecule has 0 N–H and O–H groups in total. The number of benzene rings is 2. The molecule has 0 radical (unpaired) electrons. The molecule has 0 saturated carbocycles. The SMILES string of the molecule is CC1(C)CN(C(=O)[C@H]2CC(=O)N(c3cccc(Cl)c3)C2)c2ccc(CCl)cc21. The van der Waals surface area contributed by atoms with Gasteiger partial charge in [-0.25, -0.2) is 0 Å². The van der Waals surface area contributed by atoms with Gasteiger partial charge in [-0.2, -0.15) is 0 Å². The average molecular weight is 417 g/mol. The fraction of sp³-hybridized carbons (Fsp3) is 0.364. The van der Waals surface area contributed by atoms with Crippen LogP contribution in [0.25, 0.3) is 0 Å². The van der Waals surface area contributed by atoms with Gasteiger partial charge in [-0.05, 0) is 35.4 Å². The largest absolute Gasteiger partial charge is 0.312 e. The molecule has 4 rings (SSSR count). The summed E-state index contributed by atoms with van der Waals surface area (Å²) in [5.41, 5.74) is 3.70. The number of halogens is 2. The lowest BCUT2D eigenvalue weighted by Crippen LogP contribution is -2.39. The van der Waals surface area contributed by atoms with Crippen LogP contribution in [-0.4, -0.2) is 24.9 Å². The molecule has 2 aromatic carbocycles. The van der Waals surface area contributed by atoms with Crippen molar-refractivity contribution in [3.05, 3.63) is 58.6 Å². The number of anilines is 2. The summed E-state index contributed by atoms with van der Waals surface area (Å²) in [5.74, 6) is 0.0456. The first-order valence-corrected chi connectivity index (χ1v) is 10.3. The lowest BCUT2D eigenvalue weighted by Gasteiger charge is -2.23. The molecular formula is C22H22Cl2N2O2. The summed E-state index contributed by atoms with van der Waals surface area (Å²) < 4.78 is 0. The quantitative estimate of drug-likeness (QED) is 0.676. The Hall–Kier alpha value is -2.04. The fourth-order valence-electron chi connectivity index (χ4n) is 4.19. The van der Waals surface area contributed by atoms with Crippen LogP contribution in [-0.2, 0) is 20.9 Å². The number of fused-ring (bicyclic) bond motifs is 1. The van der Waals surface area contributed by atoms with Crippen LogP contribution in [0.5, 0.6) is 0 Å². The summed E-state index contributed by atoms with van der Waals surface area (Å²) in [7, 11) is 0. The maximum Gasteiger partial charge on any atom is 0.232 e. The van der Waals surface area contributed by atoms with Crippen molar-refractivity contribution in [2.24, 2.45) is 5.92 Å². The Bertz CT molecular complexity index is 957. The van der Waals surface area contributed by atoms with Gasteiger partial charge < -0.3 is 9.80 Å². The predicted molar refractivity (Wildman–Crippen MR) is 113 cm³/mol. The van der Waals surface area contributed by atoms with Crippen LogP contribution in [0.15, 0.2) is 42.5 Å². The second-order valence-corrected chi connectivity index (χ2v) is 8.88. The van der Waals surface area contributed by atoms with Crippen molar-refractivity contribution in [1.82, 2.24) is 0 Å². The van der Waals surface area contributed by atoms with Gasteiger partial charge in [0.15, 0.2) is 0 Å². The first kappa shape index (κ1) is 19.3. The second-order valence-electron chi connectivity index (χ2n) is 8.18. The van der Waals surface area contributed by atoms with E-state index < -0.39 is 0 Å². The number of hydrogen-bond donors (Lipinski definition) is 0. The lowest BCUT2D eigenvalue weighted by atomic mass is 9.86. The molecular weight excluding hydrogens is 395 g/mol. The number of carbonyl (C=O) groups is 2. The van der Waals surface area contributed by atoms with Crippen molar-refractivity contribution in [1.29, 1.82) is 0 Å². The van der Waals surface area contributed by atoms with Gasteiger partial charge in [-0.1, -0.05) is 43.6 Å². The van der Waals surface area contributed by atoms with Crippen molar-refractivity contribution in [2.45, 2.75) is 31.6 Å². The van der Waals surface area contributed by atoms with Crippen molar-refractivity contribution in [3.63, 3.8) is 0 Å². The number of hydrogen-bond acceptors (Lipinski definition) is 2. The summed E-state index contributed by atoms with van der Waals surface area (Å²) in [6.07, 6.45) is 0.220. The van der Waals surface area contributed by atoms with Crippen molar-refractivity contribution >= 4 is 46.4 Å². The Morgan fingerprint density at radius 1 is 1.21 bits per heavy atom. The highest BCUT2D eigenvalue weighted by atomic mass is 35.5. The lowest BCUT2D eigenvalue weighted by molar-refractivity contribution is -0.124. The van der Waals surface area contributed by atoms with Crippen LogP contribution >= 0.6 is 23.2 Å². The molecule has 2 aliphatic rings. The summed E-state index contributed by atoms with van der Waals surface area (Å²) >= 11 is 12.1. The molecule has 0 spiro atoms. The van der Waals surface area contributed by atoms with Crippen molar-refractivity contribution < 1.29 is 9.59 Å². The maximum absolute atomic E-state index is 13.3. The standard InChI is InChI=1S/C22H22Cl2N2O2/c1-22(2)13-26(19-7-6-14(11-23)8-18(19)22)21(28)15-9-20(27)25(12-15)17-5-3-4-16(24)10-17/h3-8,10,15H,9,11-13H2,1-2H3/t15-/m0/s1. The van der Waals surface area contributed by atoms with E-state index in [0.29, 0.717) is 24.0 Å². The molecule has 2 aromatic rings. The highest BCUT2D eigenvalue weighted by molar-refractivity contribution is 6.31. The van der Waals surface area contributed by atoms with Gasteiger partial charge in [-0.15, -0.1) is 11.6 Å². The first-order valence-electron chi connectivity index (χ1n) is 9.37. The van der Waals surface area contributed by atoms with E-state index in [1.54, 1.807) is 17.0 Å². The highest BCUT2D eigenvalue weighted by Crippen LogP contribution is 2.42. The van der Waals surface area contributed by atoms with Crippen LogP contribution in [0.2, 0.25) is 5.02 Å². The van der Waals surface area contributed by atoms with E-state index in [-0.39, 0.29) is 29.6 Å². The Balaban J connectivity index is 1.59. The van der Waals surface area contributed by atoms with Gasteiger partial charge in [0, 0.05) is 47.2 Å².